The molecule has 1 amide bonds. The maximum absolute atomic E-state index is 13.2. The summed E-state index contributed by atoms with van der Waals surface area (Å²) in [4.78, 5) is 31.8. The van der Waals surface area contributed by atoms with Crippen LogP contribution in [0.15, 0.2) is 12.1 Å². The summed E-state index contributed by atoms with van der Waals surface area (Å²) in [6.45, 7) is 7.57. The molecule has 1 saturated heterocycles. The zero-order valence-corrected chi connectivity index (χ0v) is 18.2. The Balaban J connectivity index is 1.79. The average Bonchev–Trinajstić information content (AvgIpc) is 3.00. The predicted octanol–water partition coefficient (Wildman–Crippen LogP) is 3.28. The fraction of sp³-hybridized carbons (Fsp3) is 0.565. The zero-order valence-electron chi connectivity index (χ0n) is 18.2. The lowest BCUT2D eigenvalue weighted by atomic mass is 9.87. The van der Waals surface area contributed by atoms with Gasteiger partial charge in [0.05, 0.1) is 6.42 Å². The number of carboxylic acids is 1. The minimum Gasteiger partial charge on any atom is -0.481 e. The van der Waals surface area contributed by atoms with Crippen molar-refractivity contribution in [3.05, 3.63) is 34.5 Å². The molecule has 1 aromatic carbocycles. The number of benzene rings is 1. The molecule has 0 radical (unpaired) electrons. The molecule has 158 valence electrons. The number of hydrogen-bond donors (Lipinski definition) is 2. The van der Waals surface area contributed by atoms with Gasteiger partial charge in [0.25, 0.3) is 0 Å². The maximum atomic E-state index is 13.2. The van der Waals surface area contributed by atoms with Crippen molar-refractivity contribution in [3.63, 3.8) is 0 Å². The first-order valence-corrected chi connectivity index (χ1v) is 10.4. The normalized spacial score (nSPS) is 19.9. The van der Waals surface area contributed by atoms with Gasteiger partial charge >= 0.3 is 5.97 Å². The number of H-pyrrole nitrogens is 1. The number of nitrogens with zero attached hydrogens (tertiary/aromatic N) is 2. The topological polar surface area (TPSA) is 76.6 Å². The second-order valence-electron chi connectivity index (χ2n) is 8.71. The maximum Gasteiger partial charge on any atom is 0.303 e. The number of aliphatic carboxylic acids is 1. The number of aromatic nitrogens is 1. The molecule has 2 N–H and O–H groups in total. The SMILES string of the molecule is Cc1[nH]c2c(C)ccc(C)c2c1CC(=O)N1CCC(N(C)C)C(CCC(=O)O)C1. The van der Waals surface area contributed by atoms with Crippen LogP contribution in [-0.2, 0) is 16.0 Å². The van der Waals surface area contributed by atoms with Crippen LogP contribution in [0.25, 0.3) is 10.9 Å². The van der Waals surface area contributed by atoms with Crippen LogP contribution in [0.4, 0.5) is 0 Å². The van der Waals surface area contributed by atoms with Gasteiger partial charge in [0.2, 0.25) is 5.91 Å². The minimum atomic E-state index is -0.772. The van der Waals surface area contributed by atoms with E-state index in [4.69, 9.17) is 5.11 Å². The number of carbonyl (C=O) groups is 2. The first-order valence-electron chi connectivity index (χ1n) is 10.4. The third kappa shape index (κ3) is 4.47. The summed E-state index contributed by atoms with van der Waals surface area (Å²) in [5.74, 6) is -0.453. The number of likely N-dealkylation sites (tertiary alicyclic amines) is 1. The summed E-state index contributed by atoms with van der Waals surface area (Å²) in [6, 6.07) is 4.54. The number of nitrogens with one attached hydrogen (secondary N) is 1. The molecule has 2 heterocycles. The van der Waals surface area contributed by atoms with Crippen LogP contribution in [0.5, 0.6) is 0 Å². The highest BCUT2D eigenvalue weighted by Crippen LogP contribution is 2.30. The molecule has 0 spiro atoms. The van der Waals surface area contributed by atoms with E-state index >= 15 is 0 Å². The Morgan fingerprint density at radius 3 is 2.55 bits per heavy atom. The quantitative estimate of drug-likeness (QED) is 0.782. The molecule has 1 aliphatic rings. The number of carboxylic acid groups (broad SMARTS) is 1. The second-order valence-corrected chi connectivity index (χ2v) is 8.71. The Morgan fingerprint density at radius 1 is 1.21 bits per heavy atom. The third-order valence-corrected chi connectivity index (χ3v) is 6.46. The summed E-state index contributed by atoms with van der Waals surface area (Å²) < 4.78 is 0. The van der Waals surface area contributed by atoms with Gasteiger partial charge in [-0.25, -0.2) is 0 Å². The van der Waals surface area contributed by atoms with Crippen molar-refractivity contribution < 1.29 is 14.7 Å². The summed E-state index contributed by atoms with van der Waals surface area (Å²) in [5, 5.41) is 10.3. The minimum absolute atomic E-state index is 0.132. The Labute approximate surface area is 172 Å². The van der Waals surface area contributed by atoms with E-state index in [1.165, 1.54) is 16.5 Å². The molecule has 29 heavy (non-hydrogen) atoms. The van der Waals surface area contributed by atoms with Crippen LogP contribution in [-0.4, -0.2) is 65.0 Å². The smallest absolute Gasteiger partial charge is 0.303 e. The molecular formula is C23H33N3O3. The van der Waals surface area contributed by atoms with Gasteiger partial charge in [-0.15, -0.1) is 0 Å². The molecule has 1 aliphatic heterocycles. The highest BCUT2D eigenvalue weighted by Gasteiger charge is 2.33. The van der Waals surface area contributed by atoms with Crippen molar-refractivity contribution in [2.24, 2.45) is 5.92 Å². The summed E-state index contributed by atoms with van der Waals surface area (Å²) in [6.07, 6.45) is 2.02. The van der Waals surface area contributed by atoms with Gasteiger partial charge in [-0.2, -0.15) is 0 Å². The summed E-state index contributed by atoms with van der Waals surface area (Å²) in [7, 11) is 4.08. The number of aromatic amines is 1. The Morgan fingerprint density at radius 2 is 1.90 bits per heavy atom. The van der Waals surface area contributed by atoms with Gasteiger partial charge in [0.1, 0.15) is 0 Å². The van der Waals surface area contributed by atoms with E-state index in [2.05, 4.69) is 35.9 Å². The molecule has 0 saturated carbocycles. The fourth-order valence-corrected chi connectivity index (χ4v) is 4.81. The lowest BCUT2D eigenvalue weighted by Gasteiger charge is -2.41. The molecule has 3 rings (SSSR count). The summed E-state index contributed by atoms with van der Waals surface area (Å²) in [5.41, 5.74) is 5.63. The van der Waals surface area contributed by atoms with Crippen molar-refractivity contribution in [3.8, 4) is 0 Å². The monoisotopic (exact) mass is 399 g/mol. The first kappa shape index (κ1) is 21.4. The van der Waals surface area contributed by atoms with Crippen LogP contribution in [0.1, 0.15) is 41.6 Å². The van der Waals surface area contributed by atoms with Crippen molar-refractivity contribution >= 4 is 22.8 Å². The predicted molar refractivity (Wildman–Crippen MR) is 115 cm³/mol. The van der Waals surface area contributed by atoms with Crippen molar-refractivity contribution in [2.45, 2.75) is 52.5 Å². The van der Waals surface area contributed by atoms with Gasteiger partial charge in [0, 0.05) is 42.1 Å². The van der Waals surface area contributed by atoms with E-state index in [1.807, 2.05) is 25.9 Å². The molecule has 6 nitrogen and oxygen atoms in total. The van der Waals surface area contributed by atoms with Gasteiger partial charge in [-0.3, -0.25) is 9.59 Å². The van der Waals surface area contributed by atoms with Crippen molar-refractivity contribution in [2.75, 3.05) is 27.2 Å². The molecular weight excluding hydrogens is 366 g/mol. The van der Waals surface area contributed by atoms with Crippen LogP contribution < -0.4 is 0 Å². The van der Waals surface area contributed by atoms with Gasteiger partial charge < -0.3 is 19.9 Å². The highest BCUT2D eigenvalue weighted by atomic mass is 16.4. The summed E-state index contributed by atoms with van der Waals surface area (Å²) >= 11 is 0. The largest absolute Gasteiger partial charge is 0.481 e. The Bertz CT molecular complexity index is 916. The number of aryl methyl sites for hydroxylation is 3. The van der Waals surface area contributed by atoms with Crippen LogP contribution in [0.2, 0.25) is 0 Å². The molecule has 1 fully saturated rings. The standard InChI is InChI=1S/C23H33N3O3/c1-14-6-7-15(2)23-22(14)18(16(3)24-23)12-20(27)26-11-10-19(25(4)5)17(13-26)8-9-21(28)29/h6-7,17,19,24H,8-13H2,1-5H3,(H,28,29). The van der Waals surface area contributed by atoms with Gasteiger partial charge in [-0.1, -0.05) is 12.1 Å². The molecule has 1 aromatic heterocycles. The van der Waals surface area contributed by atoms with Gasteiger partial charge in [0.15, 0.2) is 0 Å². The third-order valence-electron chi connectivity index (χ3n) is 6.46. The number of rotatable bonds is 6. The first-order chi connectivity index (χ1) is 13.7. The number of fused-ring (bicyclic) bond motifs is 1. The van der Waals surface area contributed by atoms with Gasteiger partial charge in [-0.05, 0) is 70.3 Å². The lowest BCUT2D eigenvalue weighted by Crippen LogP contribution is -2.51. The number of hydrogen-bond acceptors (Lipinski definition) is 3. The molecule has 0 aliphatic carbocycles. The Kier molecular flexibility index (Phi) is 6.32. The lowest BCUT2D eigenvalue weighted by molar-refractivity contribution is -0.137. The van der Waals surface area contributed by atoms with E-state index < -0.39 is 5.97 Å². The highest BCUT2D eigenvalue weighted by molar-refractivity contribution is 5.93. The van der Waals surface area contributed by atoms with Crippen LogP contribution in [0, 0.1) is 26.7 Å². The molecule has 2 atom stereocenters. The van der Waals surface area contributed by atoms with E-state index in [-0.39, 0.29) is 18.2 Å². The van der Waals surface area contributed by atoms with Crippen molar-refractivity contribution in [1.29, 1.82) is 0 Å². The van der Waals surface area contributed by atoms with Crippen LogP contribution in [0.3, 0.4) is 0 Å². The average molecular weight is 400 g/mol. The molecule has 6 heteroatoms. The Hall–Kier alpha value is -2.34. The molecule has 2 unspecified atom stereocenters. The number of carbonyl (C=O) groups excluding carboxylic acids is 1. The van der Waals surface area contributed by atoms with E-state index in [1.54, 1.807) is 0 Å². The number of piperidine rings is 1. The van der Waals surface area contributed by atoms with E-state index in [9.17, 15) is 9.59 Å². The van der Waals surface area contributed by atoms with Crippen molar-refractivity contribution in [1.82, 2.24) is 14.8 Å². The van der Waals surface area contributed by atoms with Crippen LogP contribution >= 0.6 is 0 Å². The zero-order chi connectivity index (χ0) is 21.3. The fourth-order valence-electron chi connectivity index (χ4n) is 4.81. The molecule has 0 bridgehead atoms. The van der Waals surface area contributed by atoms with E-state index in [0.29, 0.717) is 25.4 Å². The molecule has 2 aromatic rings. The number of amides is 1. The second kappa shape index (κ2) is 8.57. The van der Waals surface area contributed by atoms with E-state index in [0.717, 1.165) is 29.7 Å².